The van der Waals surface area contributed by atoms with E-state index in [4.69, 9.17) is 5.11 Å². The number of carbonyl (C=O) groups excluding carboxylic acids is 1. The summed E-state index contributed by atoms with van der Waals surface area (Å²) in [4.78, 5) is 21.7. The smallest absolute Gasteiger partial charge is 0.314 e. The molecule has 0 saturated heterocycles. The molecule has 0 radical (unpaired) electrons. The van der Waals surface area contributed by atoms with E-state index in [9.17, 15) is 27.9 Å². The molecule has 2 amide bonds. The van der Waals surface area contributed by atoms with Crippen molar-refractivity contribution in [3.8, 4) is 0 Å². The van der Waals surface area contributed by atoms with E-state index in [2.05, 4.69) is 10.6 Å². The van der Waals surface area contributed by atoms with E-state index in [-0.39, 0.29) is 38.1 Å². The lowest BCUT2D eigenvalue weighted by Crippen LogP contribution is -2.40. The van der Waals surface area contributed by atoms with Crippen molar-refractivity contribution in [2.24, 2.45) is 5.92 Å². The number of hydrogen-bond acceptors (Lipinski definition) is 3. The van der Waals surface area contributed by atoms with Crippen molar-refractivity contribution in [2.75, 3.05) is 19.7 Å². The van der Waals surface area contributed by atoms with Crippen LogP contribution in [0.3, 0.4) is 0 Å². The van der Waals surface area contributed by atoms with E-state index < -0.39 is 35.4 Å². The van der Waals surface area contributed by atoms with Crippen LogP contribution in [0.2, 0.25) is 0 Å². The van der Waals surface area contributed by atoms with Crippen molar-refractivity contribution < 1.29 is 33.0 Å². The molecule has 0 aromatic heterocycles. The van der Waals surface area contributed by atoms with Crippen molar-refractivity contribution in [1.29, 1.82) is 0 Å². The van der Waals surface area contributed by atoms with Gasteiger partial charge in [0.15, 0.2) is 17.5 Å². The summed E-state index contributed by atoms with van der Waals surface area (Å²) in [6, 6.07) is 1.03. The molecule has 1 unspecified atom stereocenters. The van der Waals surface area contributed by atoms with Crippen LogP contribution in [-0.2, 0) is 11.2 Å². The van der Waals surface area contributed by atoms with Crippen molar-refractivity contribution in [3.63, 3.8) is 0 Å². The quantitative estimate of drug-likeness (QED) is 0.534. The fourth-order valence-corrected chi connectivity index (χ4v) is 1.84. The minimum atomic E-state index is -1.56. The van der Waals surface area contributed by atoms with Gasteiger partial charge in [-0.25, -0.2) is 18.0 Å². The number of rotatable bonds is 8. The van der Waals surface area contributed by atoms with Gasteiger partial charge >= 0.3 is 12.0 Å². The Balaban J connectivity index is 2.48. The number of carboxylic acids is 1. The summed E-state index contributed by atoms with van der Waals surface area (Å²) in [6.45, 7) is -0.425. The predicted octanol–water partition coefficient (Wildman–Crippen LogP) is 1.03. The minimum absolute atomic E-state index is 0.00395. The van der Waals surface area contributed by atoms with Gasteiger partial charge in [0.1, 0.15) is 0 Å². The van der Waals surface area contributed by atoms with E-state index in [0.717, 1.165) is 12.1 Å². The van der Waals surface area contributed by atoms with Crippen LogP contribution in [0, 0.1) is 23.4 Å². The van der Waals surface area contributed by atoms with Gasteiger partial charge in [0.2, 0.25) is 0 Å². The number of nitrogens with one attached hydrogen (secondary N) is 2. The predicted molar refractivity (Wildman–Crippen MR) is 74.2 cm³/mol. The van der Waals surface area contributed by atoms with E-state index in [1.54, 1.807) is 0 Å². The summed E-state index contributed by atoms with van der Waals surface area (Å²) in [6.07, 6.45) is -0.203. The summed E-state index contributed by atoms with van der Waals surface area (Å²) >= 11 is 0. The first-order valence-electron chi connectivity index (χ1n) is 6.81. The summed E-state index contributed by atoms with van der Waals surface area (Å²) in [7, 11) is 0. The summed E-state index contributed by atoms with van der Waals surface area (Å²) in [5.74, 6) is -5.80. The third-order valence-corrected chi connectivity index (χ3v) is 3.00. The van der Waals surface area contributed by atoms with Crippen molar-refractivity contribution in [2.45, 2.75) is 12.8 Å². The molecule has 128 valence electrons. The molecular formula is C14H17F3N2O4. The maximum Gasteiger partial charge on any atom is 0.314 e. The second-order valence-corrected chi connectivity index (χ2v) is 4.91. The maximum atomic E-state index is 13.1. The van der Waals surface area contributed by atoms with Crippen LogP contribution in [0.25, 0.3) is 0 Å². The van der Waals surface area contributed by atoms with E-state index >= 15 is 0 Å². The molecule has 1 atom stereocenters. The number of carboxylic acid groups (broad SMARTS) is 1. The topological polar surface area (TPSA) is 98.7 Å². The zero-order valence-electron chi connectivity index (χ0n) is 12.1. The van der Waals surface area contributed by atoms with Crippen LogP contribution < -0.4 is 10.6 Å². The van der Waals surface area contributed by atoms with Crippen LogP contribution in [0.15, 0.2) is 12.1 Å². The summed E-state index contributed by atoms with van der Waals surface area (Å²) < 4.78 is 39.1. The van der Waals surface area contributed by atoms with Crippen molar-refractivity contribution in [1.82, 2.24) is 10.6 Å². The molecule has 23 heavy (non-hydrogen) atoms. The number of aliphatic hydroxyl groups excluding tert-OH is 1. The normalized spacial score (nSPS) is 11.8. The zero-order chi connectivity index (χ0) is 17.4. The average Bonchev–Trinajstić information content (AvgIpc) is 2.48. The summed E-state index contributed by atoms with van der Waals surface area (Å²) in [5.41, 5.74) is 0.147. The fraction of sp³-hybridized carbons (Fsp3) is 0.429. The van der Waals surface area contributed by atoms with Crippen LogP contribution >= 0.6 is 0 Å². The first-order valence-corrected chi connectivity index (χ1v) is 6.81. The van der Waals surface area contributed by atoms with Crippen LogP contribution in [0.4, 0.5) is 18.0 Å². The Labute approximate surface area is 130 Å². The Morgan fingerprint density at radius 1 is 1.13 bits per heavy atom. The van der Waals surface area contributed by atoms with E-state index in [0.29, 0.717) is 0 Å². The van der Waals surface area contributed by atoms with Gasteiger partial charge in [0, 0.05) is 25.6 Å². The third-order valence-electron chi connectivity index (χ3n) is 3.00. The molecule has 0 aliphatic carbocycles. The molecule has 6 nitrogen and oxygen atoms in total. The second kappa shape index (κ2) is 8.99. The molecule has 9 heteroatoms. The zero-order valence-corrected chi connectivity index (χ0v) is 12.1. The number of urea groups is 1. The second-order valence-electron chi connectivity index (χ2n) is 4.91. The van der Waals surface area contributed by atoms with Gasteiger partial charge in [0.25, 0.3) is 0 Å². The highest BCUT2D eigenvalue weighted by Gasteiger charge is 2.15. The first kappa shape index (κ1) is 18.8. The lowest BCUT2D eigenvalue weighted by molar-refractivity contribution is -0.136. The molecule has 0 spiro atoms. The SMILES string of the molecule is O=C(O)CCNC(=O)NCC(CO)Cc1cc(F)c(F)c(F)c1. The molecule has 1 aromatic carbocycles. The lowest BCUT2D eigenvalue weighted by Gasteiger charge is -2.16. The monoisotopic (exact) mass is 334 g/mol. The van der Waals surface area contributed by atoms with Gasteiger partial charge in [-0.2, -0.15) is 0 Å². The molecule has 0 bridgehead atoms. The van der Waals surface area contributed by atoms with Crippen LogP contribution in [0.1, 0.15) is 12.0 Å². The van der Waals surface area contributed by atoms with Gasteiger partial charge in [-0.1, -0.05) is 0 Å². The Morgan fingerprint density at radius 3 is 2.26 bits per heavy atom. The molecule has 0 aliphatic rings. The maximum absolute atomic E-state index is 13.1. The molecule has 0 heterocycles. The number of amides is 2. The largest absolute Gasteiger partial charge is 0.481 e. The highest BCUT2D eigenvalue weighted by molar-refractivity contribution is 5.74. The highest BCUT2D eigenvalue weighted by atomic mass is 19.2. The Bertz CT molecular complexity index is 546. The third kappa shape index (κ3) is 6.55. The Morgan fingerprint density at radius 2 is 1.74 bits per heavy atom. The standard InChI is InChI=1S/C14H17F3N2O4/c15-10-4-8(5-11(16)13(10)17)3-9(7-20)6-19-14(23)18-2-1-12(21)22/h4-5,9,20H,1-3,6-7H2,(H,21,22)(H2,18,19,23). The van der Waals surface area contributed by atoms with Gasteiger partial charge in [-0.15, -0.1) is 0 Å². The number of hydrogen-bond donors (Lipinski definition) is 4. The van der Waals surface area contributed by atoms with Gasteiger partial charge in [-0.3, -0.25) is 4.79 Å². The lowest BCUT2D eigenvalue weighted by atomic mass is 9.99. The van der Waals surface area contributed by atoms with Crippen molar-refractivity contribution >= 4 is 12.0 Å². The highest BCUT2D eigenvalue weighted by Crippen LogP contribution is 2.16. The van der Waals surface area contributed by atoms with E-state index in [1.165, 1.54) is 0 Å². The number of carbonyl (C=O) groups is 2. The molecule has 0 saturated carbocycles. The number of halogens is 3. The Kier molecular flexibility index (Phi) is 7.33. The van der Waals surface area contributed by atoms with Gasteiger partial charge in [-0.05, 0) is 24.1 Å². The van der Waals surface area contributed by atoms with Gasteiger partial charge < -0.3 is 20.8 Å². The Hall–Kier alpha value is -2.29. The van der Waals surface area contributed by atoms with Crippen LogP contribution in [0.5, 0.6) is 0 Å². The molecule has 1 aromatic rings. The number of aliphatic hydroxyl groups is 1. The van der Waals surface area contributed by atoms with Gasteiger partial charge in [0.05, 0.1) is 6.42 Å². The fourth-order valence-electron chi connectivity index (χ4n) is 1.84. The average molecular weight is 334 g/mol. The number of benzene rings is 1. The van der Waals surface area contributed by atoms with Crippen LogP contribution in [-0.4, -0.2) is 41.9 Å². The van der Waals surface area contributed by atoms with Crippen molar-refractivity contribution in [3.05, 3.63) is 35.1 Å². The minimum Gasteiger partial charge on any atom is -0.481 e. The summed E-state index contributed by atoms with van der Waals surface area (Å²) in [5, 5.41) is 22.4. The van der Waals surface area contributed by atoms with E-state index in [1.807, 2.05) is 0 Å². The molecule has 4 N–H and O–H groups in total. The number of aliphatic carboxylic acids is 1. The molecule has 1 rings (SSSR count). The molecule has 0 fully saturated rings. The first-order chi connectivity index (χ1) is 10.8. The molecular weight excluding hydrogens is 317 g/mol. The molecule has 0 aliphatic heterocycles.